The lowest BCUT2D eigenvalue weighted by atomic mass is 10.0. The van der Waals surface area contributed by atoms with Crippen LogP contribution in [0.15, 0.2) is 47.6 Å². The molecule has 2 aliphatic heterocycles. The van der Waals surface area contributed by atoms with Gasteiger partial charge in [-0.25, -0.2) is 0 Å². The SMILES string of the molecule is COc1ccccc1C(=O)N1CCC2(COc3ccncc3[S+](=O)([O-])N2)C1. The van der Waals surface area contributed by atoms with Crippen LogP contribution in [0, 0.1) is 0 Å². The lowest BCUT2D eigenvalue weighted by Gasteiger charge is -2.28. The van der Waals surface area contributed by atoms with Crippen molar-refractivity contribution >= 4 is 16.3 Å². The van der Waals surface area contributed by atoms with Gasteiger partial charge in [-0.1, -0.05) is 16.3 Å². The summed E-state index contributed by atoms with van der Waals surface area (Å²) in [5, 5.41) is 0. The number of sulfonamides is 1. The summed E-state index contributed by atoms with van der Waals surface area (Å²) in [6.45, 7) is 0.765. The Morgan fingerprint density at radius 3 is 3.04 bits per heavy atom. The molecule has 1 aromatic carbocycles. The summed E-state index contributed by atoms with van der Waals surface area (Å²) in [5.41, 5.74) is -0.433. The lowest BCUT2D eigenvalue weighted by molar-refractivity contribution is 0.0771. The summed E-state index contributed by atoms with van der Waals surface area (Å²) < 4.78 is 39.3. The summed E-state index contributed by atoms with van der Waals surface area (Å²) in [6, 6.07) is 8.50. The second-order valence-electron chi connectivity index (χ2n) is 6.67. The third kappa shape index (κ3) is 3.18. The van der Waals surface area contributed by atoms with Crippen LogP contribution in [-0.2, 0) is 14.6 Å². The molecule has 0 saturated carbocycles. The number of carbonyl (C=O) groups is 1. The predicted molar refractivity (Wildman–Crippen MR) is 96.2 cm³/mol. The normalized spacial score (nSPS) is 27.0. The molecule has 1 spiro atoms. The molecule has 0 aliphatic carbocycles. The number of benzene rings is 1. The fraction of sp³-hybridized carbons (Fsp3) is 0.333. The van der Waals surface area contributed by atoms with E-state index in [1.165, 1.54) is 25.6 Å². The number of pyridine rings is 1. The van der Waals surface area contributed by atoms with Crippen molar-refractivity contribution in [1.82, 2.24) is 14.6 Å². The third-order valence-electron chi connectivity index (χ3n) is 4.87. The average Bonchev–Trinajstić information content (AvgIpc) is 3.04. The van der Waals surface area contributed by atoms with Gasteiger partial charge in [-0.2, -0.15) is 0 Å². The minimum atomic E-state index is -3.80. The van der Waals surface area contributed by atoms with Gasteiger partial charge in [-0.05, 0) is 18.6 Å². The molecule has 2 aliphatic rings. The standard InChI is InChI=1S/C18H19N3O5S/c1-25-14-5-3-2-4-13(14)17(22)21-9-7-18(11-21)12-26-15-6-8-19-10-16(15)27(23,24)20-18/h2-6,8,10H,7,9,11-12H2,1H3,(H-,20,23,24). The molecule has 4 rings (SSSR count). The molecule has 2 aromatic rings. The van der Waals surface area contributed by atoms with E-state index in [2.05, 4.69) is 9.71 Å². The van der Waals surface area contributed by atoms with Gasteiger partial charge in [0, 0.05) is 25.4 Å². The maximum absolute atomic E-state index is 12.9. The summed E-state index contributed by atoms with van der Waals surface area (Å²) in [7, 11) is -2.29. The second-order valence-corrected chi connectivity index (χ2v) is 8.32. The number of carbonyl (C=O) groups excluding carboxylic acids is 1. The highest BCUT2D eigenvalue weighted by Crippen LogP contribution is 2.35. The number of ether oxygens (including phenoxy) is 2. The van der Waals surface area contributed by atoms with Crippen LogP contribution in [0.25, 0.3) is 0 Å². The van der Waals surface area contributed by atoms with E-state index in [-0.39, 0.29) is 29.7 Å². The van der Waals surface area contributed by atoms with E-state index in [1.54, 1.807) is 29.2 Å². The number of nitrogens with one attached hydrogen (secondary N) is 1. The lowest BCUT2D eigenvalue weighted by Crippen LogP contribution is -2.55. The van der Waals surface area contributed by atoms with E-state index < -0.39 is 15.9 Å². The molecule has 8 nitrogen and oxygen atoms in total. The highest BCUT2D eigenvalue weighted by molar-refractivity contribution is 7.96. The number of hydrogen-bond donors (Lipinski definition) is 1. The van der Waals surface area contributed by atoms with Crippen LogP contribution in [0.5, 0.6) is 11.5 Å². The zero-order valence-corrected chi connectivity index (χ0v) is 15.5. The van der Waals surface area contributed by atoms with E-state index in [0.717, 1.165) is 0 Å². The van der Waals surface area contributed by atoms with Crippen molar-refractivity contribution in [3.8, 4) is 11.5 Å². The number of nitrogens with zero attached hydrogens (tertiary/aromatic N) is 2. The number of methoxy groups -OCH3 is 1. The van der Waals surface area contributed by atoms with Crippen LogP contribution in [0.3, 0.4) is 0 Å². The first-order valence-electron chi connectivity index (χ1n) is 8.47. The largest absolute Gasteiger partial charge is 0.593 e. The molecule has 0 bridgehead atoms. The molecule has 1 fully saturated rings. The molecule has 1 N–H and O–H groups in total. The van der Waals surface area contributed by atoms with Crippen LogP contribution in [0.1, 0.15) is 16.8 Å². The van der Waals surface area contributed by atoms with Gasteiger partial charge < -0.3 is 18.9 Å². The van der Waals surface area contributed by atoms with Crippen LogP contribution in [-0.4, -0.2) is 52.7 Å². The fourth-order valence-corrected chi connectivity index (χ4v) is 5.01. The maximum Gasteiger partial charge on any atom is 0.257 e. The van der Waals surface area contributed by atoms with Crippen LogP contribution >= 0.6 is 0 Å². The maximum atomic E-state index is 12.9. The third-order valence-corrected chi connectivity index (χ3v) is 6.46. The first kappa shape index (κ1) is 17.9. The van der Waals surface area contributed by atoms with E-state index in [0.29, 0.717) is 24.3 Å². The molecule has 1 saturated heterocycles. The molecule has 9 heteroatoms. The first-order valence-corrected chi connectivity index (χ1v) is 9.96. The van der Waals surface area contributed by atoms with Gasteiger partial charge in [0.15, 0.2) is 16.1 Å². The number of hydrogen-bond acceptors (Lipinski definition) is 6. The molecule has 2 atom stereocenters. The molecule has 3 heterocycles. The number of likely N-dealkylation sites (tertiary alicyclic amines) is 1. The Balaban J connectivity index is 1.59. The highest BCUT2D eigenvalue weighted by Gasteiger charge is 2.49. The summed E-state index contributed by atoms with van der Waals surface area (Å²) >= 11 is 0. The van der Waals surface area contributed by atoms with Crippen molar-refractivity contribution < 1.29 is 23.0 Å². The van der Waals surface area contributed by atoms with Crippen molar-refractivity contribution in [3.63, 3.8) is 0 Å². The molecule has 0 radical (unpaired) electrons. The molecule has 2 unspecified atom stereocenters. The number of rotatable bonds is 2. The fourth-order valence-electron chi connectivity index (χ4n) is 3.51. The minimum Gasteiger partial charge on any atom is -0.593 e. The van der Waals surface area contributed by atoms with E-state index in [4.69, 9.17) is 9.47 Å². The average molecular weight is 389 g/mol. The van der Waals surface area contributed by atoms with Crippen molar-refractivity contribution in [2.45, 2.75) is 16.9 Å². The smallest absolute Gasteiger partial charge is 0.257 e. The van der Waals surface area contributed by atoms with Gasteiger partial charge in [0.2, 0.25) is 4.90 Å². The topological polar surface area (TPSA) is 104 Å². The van der Waals surface area contributed by atoms with Gasteiger partial charge >= 0.3 is 0 Å². The Bertz CT molecular complexity index is 937. The van der Waals surface area contributed by atoms with Gasteiger partial charge in [0.25, 0.3) is 5.91 Å². The summed E-state index contributed by atoms with van der Waals surface area (Å²) in [6.07, 6.45) is 3.20. The van der Waals surface area contributed by atoms with Gasteiger partial charge in [-0.3, -0.25) is 9.78 Å². The van der Waals surface area contributed by atoms with E-state index >= 15 is 0 Å². The quantitative estimate of drug-likeness (QED) is 0.776. The summed E-state index contributed by atoms with van der Waals surface area (Å²) in [4.78, 5) is 18.4. The highest BCUT2D eigenvalue weighted by atomic mass is 32.3. The number of para-hydroxylation sites is 1. The van der Waals surface area contributed by atoms with Gasteiger partial charge in [0.05, 0.1) is 18.9 Å². The molecule has 1 amide bonds. The van der Waals surface area contributed by atoms with Crippen molar-refractivity contribution in [2.75, 3.05) is 26.8 Å². The van der Waals surface area contributed by atoms with Gasteiger partial charge in [-0.15, -0.1) is 4.72 Å². The van der Waals surface area contributed by atoms with Crippen molar-refractivity contribution in [3.05, 3.63) is 48.3 Å². The van der Waals surface area contributed by atoms with Gasteiger partial charge in [0.1, 0.15) is 17.9 Å². The van der Waals surface area contributed by atoms with Crippen molar-refractivity contribution in [2.24, 2.45) is 0 Å². The Morgan fingerprint density at radius 1 is 1.41 bits per heavy atom. The monoisotopic (exact) mass is 389 g/mol. The molecular weight excluding hydrogens is 370 g/mol. The van der Waals surface area contributed by atoms with Crippen LogP contribution in [0.4, 0.5) is 0 Å². The van der Waals surface area contributed by atoms with Crippen molar-refractivity contribution in [1.29, 1.82) is 0 Å². The molecule has 142 valence electrons. The van der Waals surface area contributed by atoms with Crippen LogP contribution in [0.2, 0.25) is 0 Å². The Hall–Kier alpha value is -2.49. The zero-order chi connectivity index (χ0) is 19.1. The predicted octanol–water partition coefficient (Wildman–Crippen LogP) is 1.26. The summed E-state index contributed by atoms with van der Waals surface area (Å²) in [5.74, 6) is 0.551. The number of aromatic nitrogens is 1. The Morgan fingerprint density at radius 2 is 2.22 bits per heavy atom. The minimum absolute atomic E-state index is 0.0105. The Labute approximate surface area is 157 Å². The zero-order valence-electron chi connectivity index (χ0n) is 14.7. The molecular formula is C18H19N3O5S. The number of amides is 1. The molecule has 1 aromatic heterocycles. The van der Waals surface area contributed by atoms with Crippen LogP contribution < -0.4 is 14.2 Å². The van der Waals surface area contributed by atoms with E-state index in [9.17, 15) is 13.6 Å². The second kappa shape index (κ2) is 6.59. The Kier molecular flexibility index (Phi) is 4.37. The number of fused-ring (bicyclic) bond motifs is 1. The first-order chi connectivity index (χ1) is 12.9. The van der Waals surface area contributed by atoms with E-state index in [1.807, 2.05) is 0 Å². The molecule has 27 heavy (non-hydrogen) atoms.